The minimum atomic E-state index is -1.10. The number of alkyl halides is 1. The van der Waals surface area contributed by atoms with Gasteiger partial charge in [0.2, 0.25) is 0 Å². The summed E-state index contributed by atoms with van der Waals surface area (Å²) in [7, 11) is 0. The van der Waals surface area contributed by atoms with Crippen LogP contribution in [0.5, 0.6) is 0 Å². The Hall–Kier alpha value is -2.04. The molecule has 0 bridgehead atoms. The van der Waals surface area contributed by atoms with E-state index in [2.05, 4.69) is 0 Å². The third kappa shape index (κ3) is 3.63. The van der Waals surface area contributed by atoms with E-state index in [-0.39, 0.29) is 5.56 Å². The van der Waals surface area contributed by atoms with E-state index in [0.717, 1.165) is 4.57 Å². The normalized spacial score (nSPS) is 29.0. The number of rotatable bonds is 2. The van der Waals surface area contributed by atoms with Crippen LogP contribution in [0, 0.1) is 6.92 Å². The van der Waals surface area contributed by atoms with Crippen molar-refractivity contribution in [3.8, 4) is 0 Å². The largest absolute Gasteiger partial charge is 0.443 e. The lowest BCUT2D eigenvalue weighted by Crippen LogP contribution is -2.48. The first-order valence-electron chi connectivity index (χ1n) is 9.00. The molecule has 0 radical (unpaired) electrons. The maximum absolute atomic E-state index is 13.4. The highest BCUT2D eigenvalue weighted by Crippen LogP contribution is 2.42. The minimum Gasteiger partial charge on any atom is -0.443 e. The molecule has 0 amide bonds. The van der Waals surface area contributed by atoms with E-state index >= 15 is 0 Å². The number of carbonyl (C=O) groups excluding carboxylic acids is 1. The number of aryl methyl sites for hydroxylation is 1. The van der Waals surface area contributed by atoms with E-state index in [1.807, 2.05) is 0 Å². The number of nitrogens with zero attached hydrogens (tertiary/aromatic N) is 2. The van der Waals surface area contributed by atoms with Gasteiger partial charge in [-0.05, 0) is 41.5 Å². The molecule has 0 N–H and O–H groups in total. The molecule has 0 saturated carbocycles. The third-order valence-corrected chi connectivity index (χ3v) is 4.41. The van der Waals surface area contributed by atoms with Crippen molar-refractivity contribution in [3.05, 3.63) is 32.6 Å². The smallest absolute Gasteiger partial charge is 0.425 e. The Balaban J connectivity index is 2.07. The first-order chi connectivity index (χ1) is 12.8. The molecule has 28 heavy (non-hydrogen) atoms. The van der Waals surface area contributed by atoms with Crippen LogP contribution in [0.15, 0.2) is 15.8 Å². The van der Waals surface area contributed by atoms with Crippen LogP contribution < -0.4 is 11.2 Å². The van der Waals surface area contributed by atoms with Gasteiger partial charge in [-0.3, -0.25) is 9.36 Å². The number of fused-ring (bicyclic) bond motifs is 1. The Morgan fingerprint density at radius 3 is 2.43 bits per heavy atom. The van der Waals surface area contributed by atoms with Crippen molar-refractivity contribution in [2.45, 2.75) is 77.5 Å². The zero-order valence-corrected chi connectivity index (χ0v) is 16.7. The lowest BCUT2D eigenvalue weighted by molar-refractivity contribution is -0.198. The van der Waals surface area contributed by atoms with Gasteiger partial charge in [-0.1, -0.05) is 0 Å². The van der Waals surface area contributed by atoms with Gasteiger partial charge in [-0.25, -0.2) is 14.0 Å². The molecule has 2 aliphatic heterocycles. The van der Waals surface area contributed by atoms with Crippen LogP contribution >= 0.6 is 0 Å². The van der Waals surface area contributed by atoms with Gasteiger partial charge in [-0.2, -0.15) is 4.57 Å². The average molecular weight is 400 g/mol. The van der Waals surface area contributed by atoms with Gasteiger partial charge < -0.3 is 18.9 Å². The average Bonchev–Trinajstić information content (AvgIpc) is 3.02. The highest BCUT2D eigenvalue weighted by molar-refractivity contribution is 5.70. The first-order valence-corrected chi connectivity index (χ1v) is 9.00. The summed E-state index contributed by atoms with van der Waals surface area (Å²) in [5.41, 5.74) is -2.54. The third-order valence-electron chi connectivity index (χ3n) is 4.41. The van der Waals surface area contributed by atoms with Crippen LogP contribution in [0.4, 0.5) is 9.18 Å². The summed E-state index contributed by atoms with van der Waals surface area (Å²) in [5.74, 6) is -0.983. The van der Waals surface area contributed by atoms with Gasteiger partial charge in [0.1, 0.15) is 30.6 Å². The highest BCUT2D eigenvalue weighted by Gasteiger charge is 2.56. The number of halogens is 1. The molecule has 2 fully saturated rings. The molecule has 0 aliphatic carbocycles. The molecule has 10 heteroatoms. The van der Waals surface area contributed by atoms with E-state index in [1.54, 1.807) is 34.6 Å². The Bertz CT molecular complexity index is 899. The topological polar surface area (TPSA) is 98.0 Å². The minimum absolute atomic E-state index is 0.118. The molecule has 0 unspecified atom stereocenters. The van der Waals surface area contributed by atoms with Crippen LogP contribution in [0.25, 0.3) is 0 Å². The Kier molecular flexibility index (Phi) is 5.01. The predicted molar refractivity (Wildman–Crippen MR) is 95.0 cm³/mol. The van der Waals surface area contributed by atoms with E-state index in [1.165, 1.54) is 13.1 Å². The Labute approximate surface area is 160 Å². The second-order valence-electron chi connectivity index (χ2n) is 8.41. The summed E-state index contributed by atoms with van der Waals surface area (Å²) >= 11 is 0. The van der Waals surface area contributed by atoms with Crippen LogP contribution in [-0.4, -0.2) is 51.6 Å². The zero-order valence-electron chi connectivity index (χ0n) is 16.7. The number of hydrogen-bond acceptors (Lipinski definition) is 7. The lowest BCUT2D eigenvalue weighted by Gasteiger charge is -2.25. The summed E-state index contributed by atoms with van der Waals surface area (Å²) in [5, 5.41) is 0. The van der Waals surface area contributed by atoms with Crippen molar-refractivity contribution in [1.82, 2.24) is 9.13 Å². The van der Waals surface area contributed by atoms with Gasteiger partial charge in [0.05, 0.1) is 0 Å². The number of hydrogen-bond donors (Lipinski definition) is 0. The number of carbonyl (C=O) groups is 1. The van der Waals surface area contributed by atoms with Crippen LogP contribution in [-0.2, 0) is 18.9 Å². The fourth-order valence-electron chi connectivity index (χ4n) is 3.36. The quantitative estimate of drug-likeness (QED) is 0.742. The highest BCUT2D eigenvalue weighted by atomic mass is 19.1. The second-order valence-corrected chi connectivity index (χ2v) is 8.41. The summed E-state index contributed by atoms with van der Waals surface area (Å²) in [6.07, 6.45) is -3.33. The maximum atomic E-state index is 13.4. The fraction of sp³-hybridized carbons (Fsp3) is 0.722. The molecule has 3 rings (SSSR count). The fourth-order valence-corrected chi connectivity index (χ4v) is 3.36. The molecule has 4 atom stereocenters. The predicted octanol–water partition coefficient (Wildman–Crippen LogP) is 1.49. The molecule has 3 heterocycles. The van der Waals surface area contributed by atoms with Gasteiger partial charge in [0.25, 0.3) is 5.56 Å². The van der Waals surface area contributed by atoms with Crippen LogP contribution in [0.2, 0.25) is 0 Å². The molecule has 1 aromatic rings. The summed E-state index contributed by atoms with van der Waals surface area (Å²) in [6, 6.07) is 0. The van der Waals surface area contributed by atoms with Crippen molar-refractivity contribution in [2.75, 3.05) is 6.67 Å². The van der Waals surface area contributed by atoms with Crippen molar-refractivity contribution in [3.63, 3.8) is 0 Å². The van der Waals surface area contributed by atoms with Gasteiger partial charge in [-0.15, -0.1) is 0 Å². The molecular formula is C18H25FN2O7. The second kappa shape index (κ2) is 6.78. The standard InChI is InChI=1S/C18H25FN2O7/c1-9-8-20(15(23)21(13(9)22)16(24)28-17(2,3)4)14-12-11(10(7-19)25-14)26-18(5,6)27-12/h8,10-12,14H,7H2,1-6H3/t10-,11-,12-,14-/m1/s1. The Morgan fingerprint density at radius 2 is 1.86 bits per heavy atom. The lowest BCUT2D eigenvalue weighted by atomic mass is 10.1. The van der Waals surface area contributed by atoms with E-state index in [9.17, 15) is 18.8 Å². The van der Waals surface area contributed by atoms with Gasteiger partial charge in [0, 0.05) is 11.8 Å². The molecular weight excluding hydrogens is 375 g/mol. The van der Waals surface area contributed by atoms with E-state index in [0.29, 0.717) is 4.57 Å². The number of aromatic nitrogens is 2. The van der Waals surface area contributed by atoms with Crippen LogP contribution in [0.3, 0.4) is 0 Å². The summed E-state index contributed by atoms with van der Waals surface area (Å²) < 4.78 is 37.2. The SMILES string of the molecule is Cc1cn([C@@H]2O[C@H](CF)[C@H]3OC(C)(C)O[C@H]32)c(=O)n(C(=O)OC(C)(C)C)c1=O. The zero-order chi connectivity index (χ0) is 21.0. The maximum Gasteiger partial charge on any atom is 0.425 e. The molecule has 2 saturated heterocycles. The van der Waals surface area contributed by atoms with Crippen molar-refractivity contribution in [2.24, 2.45) is 0 Å². The summed E-state index contributed by atoms with van der Waals surface area (Å²) in [6.45, 7) is 8.82. The monoisotopic (exact) mass is 400 g/mol. The Morgan fingerprint density at radius 1 is 1.25 bits per heavy atom. The number of ether oxygens (including phenoxy) is 4. The van der Waals surface area contributed by atoms with Crippen molar-refractivity contribution >= 4 is 6.09 Å². The van der Waals surface area contributed by atoms with Crippen molar-refractivity contribution in [1.29, 1.82) is 0 Å². The molecule has 9 nitrogen and oxygen atoms in total. The van der Waals surface area contributed by atoms with Gasteiger partial charge >= 0.3 is 11.8 Å². The van der Waals surface area contributed by atoms with E-state index < -0.39 is 59.9 Å². The first kappa shape index (κ1) is 20.7. The molecule has 0 spiro atoms. The van der Waals surface area contributed by atoms with Gasteiger partial charge in [0.15, 0.2) is 12.0 Å². The molecule has 156 valence electrons. The molecule has 0 aromatic carbocycles. The summed E-state index contributed by atoms with van der Waals surface area (Å²) in [4.78, 5) is 37.8. The van der Waals surface area contributed by atoms with Crippen molar-refractivity contribution < 1.29 is 28.1 Å². The molecule has 2 aliphatic rings. The van der Waals surface area contributed by atoms with E-state index in [4.69, 9.17) is 18.9 Å². The molecule has 1 aromatic heterocycles. The van der Waals surface area contributed by atoms with Crippen LogP contribution in [0.1, 0.15) is 46.4 Å².